The highest BCUT2D eigenvalue weighted by atomic mass is 19.1. The van der Waals surface area contributed by atoms with Crippen LogP contribution in [0.4, 0.5) is 4.39 Å². The zero-order valence-corrected chi connectivity index (χ0v) is 26.2. The molecule has 0 aliphatic carbocycles. The topological polar surface area (TPSA) is 72.8 Å². The molecular formula is C37H47FO5. The SMILES string of the molecule is CCCCCCCCCCOc1ccc(-c2ccc(C(=O)O)cc2-c2ccc(C(=O)[C@H](C)CCOC(C)C)c(F)c2)cc1. The third-order valence-electron chi connectivity index (χ3n) is 7.69. The molecule has 232 valence electrons. The normalized spacial score (nSPS) is 12.0. The molecule has 3 aromatic rings. The summed E-state index contributed by atoms with van der Waals surface area (Å²) in [7, 11) is 0. The highest BCUT2D eigenvalue weighted by Crippen LogP contribution is 2.35. The van der Waals surface area contributed by atoms with Gasteiger partial charge in [0.25, 0.3) is 0 Å². The lowest BCUT2D eigenvalue weighted by Gasteiger charge is -2.15. The Labute approximate surface area is 256 Å². The maximum absolute atomic E-state index is 15.3. The summed E-state index contributed by atoms with van der Waals surface area (Å²) in [5, 5.41) is 9.63. The smallest absolute Gasteiger partial charge is 0.335 e. The van der Waals surface area contributed by atoms with Crippen LogP contribution in [0, 0.1) is 11.7 Å². The Bertz CT molecular complexity index is 1320. The van der Waals surface area contributed by atoms with E-state index in [0.717, 1.165) is 29.7 Å². The Morgan fingerprint density at radius 2 is 1.42 bits per heavy atom. The zero-order chi connectivity index (χ0) is 31.2. The molecule has 0 aliphatic rings. The third-order valence-corrected chi connectivity index (χ3v) is 7.69. The first-order valence-electron chi connectivity index (χ1n) is 15.8. The molecule has 0 bridgehead atoms. The Morgan fingerprint density at radius 1 is 0.767 bits per heavy atom. The highest BCUT2D eigenvalue weighted by Gasteiger charge is 2.21. The van der Waals surface area contributed by atoms with Gasteiger partial charge in [-0.25, -0.2) is 9.18 Å². The number of hydrogen-bond donors (Lipinski definition) is 1. The summed E-state index contributed by atoms with van der Waals surface area (Å²) < 4.78 is 26.8. The number of benzene rings is 3. The van der Waals surface area contributed by atoms with E-state index in [1.165, 1.54) is 50.7 Å². The van der Waals surface area contributed by atoms with Crippen LogP contribution >= 0.6 is 0 Å². The van der Waals surface area contributed by atoms with Crippen molar-refractivity contribution in [3.8, 4) is 28.0 Å². The molecule has 1 N–H and O–H groups in total. The fraction of sp³-hybridized carbons (Fsp3) is 0.459. The lowest BCUT2D eigenvalue weighted by atomic mass is 9.90. The van der Waals surface area contributed by atoms with Crippen LogP contribution in [-0.2, 0) is 4.74 Å². The van der Waals surface area contributed by atoms with E-state index in [0.29, 0.717) is 30.8 Å². The summed E-state index contributed by atoms with van der Waals surface area (Å²) in [6, 6.07) is 17.0. The lowest BCUT2D eigenvalue weighted by molar-refractivity contribution is 0.0639. The molecule has 0 unspecified atom stereocenters. The predicted molar refractivity (Wildman–Crippen MR) is 172 cm³/mol. The largest absolute Gasteiger partial charge is 0.494 e. The third kappa shape index (κ3) is 10.6. The summed E-state index contributed by atoms with van der Waals surface area (Å²) in [6.45, 7) is 8.96. The summed E-state index contributed by atoms with van der Waals surface area (Å²) in [5.41, 5.74) is 2.81. The van der Waals surface area contributed by atoms with Gasteiger partial charge in [0, 0.05) is 12.5 Å². The van der Waals surface area contributed by atoms with Gasteiger partial charge in [0.1, 0.15) is 11.6 Å². The second-order valence-electron chi connectivity index (χ2n) is 11.6. The van der Waals surface area contributed by atoms with Crippen LogP contribution in [0.1, 0.15) is 106 Å². The van der Waals surface area contributed by atoms with Crippen molar-refractivity contribution < 1.29 is 28.6 Å². The van der Waals surface area contributed by atoms with Gasteiger partial charge in [0.15, 0.2) is 5.78 Å². The van der Waals surface area contributed by atoms with Gasteiger partial charge < -0.3 is 14.6 Å². The lowest BCUT2D eigenvalue weighted by Crippen LogP contribution is -2.16. The molecule has 0 fully saturated rings. The molecule has 0 heterocycles. The zero-order valence-electron chi connectivity index (χ0n) is 26.2. The molecule has 3 aromatic carbocycles. The molecule has 5 nitrogen and oxygen atoms in total. The Kier molecular flexibility index (Phi) is 13.9. The first-order chi connectivity index (χ1) is 20.7. The Hall–Kier alpha value is -3.51. The second-order valence-corrected chi connectivity index (χ2v) is 11.6. The van der Waals surface area contributed by atoms with Gasteiger partial charge in [-0.15, -0.1) is 0 Å². The number of carbonyl (C=O) groups excluding carboxylic acids is 1. The van der Waals surface area contributed by atoms with Crippen molar-refractivity contribution in [2.75, 3.05) is 13.2 Å². The molecule has 0 aromatic heterocycles. The number of aromatic carboxylic acids is 1. The number of ether oxygens (including phenoxy) is 2. The number of unbranched alkanes of at least 4 members (excludes halogenated alkanes) is 7. The molecular weight excluding hydrogens is 543 g/mol. The van der Waals surface area contributed by atoms with E-state index in [-0.39, 0.29) is 28.9 Å². The summed E-state index contributed by atoms with van der Waals surface area (Å²) in [5.74, 6) is -1.59. The molecule has 0 saturated heterocycles. The van der Waals surface area contributed by atoms with Crippen molar-refractivity contribution >= 4 is 11.8 Å². The number of carboxylic acids is 1. The molecule has 1 atom stereocenters. The van der Waals surface area contributed by atoms with E-state index in [1.807, 2.05) is 38.1 Å². The fourth-order valence-corrected chi connectivity index (χ4v) is 5.08. The molecule has 6 heteroatoms. The molecule has 0 radical (unpaired) electrons. The van der Waals surface area contributed by atoms with Crippen molar-refractivity contribution in [2.45, 2.75) is 91.6 Å². The average molecular weight is 591 g/mol. The van der Waals surface area contributed by atoms with E-state index in [4.69, 9.17) is 9.47 Å². The highest BCUT2D eigenvalue weighted by molar-refractivity contribution is 5.99. The Balaban J connectivity index is 1.72. The van der Waals surface area contributed by atoms with Crippen LogP contribution in [-0.4, -0.2) is 36.2 Å². The van der Waals surface area contributed by atoms with E-state index in [9.17, 15) is 14.7 Å². The second kappa shape index (κ2) is 17.6. The van der Waals surface area contributed by atoms with Gasteiger partial charge in [-0.05, 0) is 85.3 Å². The molecule has 3 rings (SSSR count). The summed E-state index contributed by atoms with van der Waals surface area (Å²) in [4.78, 5) is 24.7. The van der Waals surface area contributed by atoms with Crippen LogP contribution in [0.5, 0.6) is 5.75 Å². The monoisotopic (exact) mass is 590 g/mol. The molecule has 0 amide bonds. The van der Waals surface area contributed by atoms with Crippen LogP contribution < -0.4 is 4.74 Å². The number of rotatable bonds is 19. The van der Waals surface area contributed by atoms with Crippen molar-refractivity contribution in [2.24, 2.45) is 5.92 Å². The molecule has 0 saturated carbocycles. The van der Waals surface area contributed by atoms with Crippen molar-refractivity contribution in [1.82, 2.24) is 0 Å². The maximum atomic E-state index is 15.3. The van der Waals surface area contributed by atoms with Crippen molar-refractivity contribution in [3.05, 3.63) is 77.6 Å². The van der Waals surface area contributed by atoms with Crippen molar-refractivity contribution in [3.63, 3.8) is 0 Å². The molecule has 43 heavy (non-hydrogen) atoms. The number of ketones is 1. The standard InChI is InChI=1S/C37H47FO5/c1-5-6-7-8-9-10-11-12-22-43-31-17-13-28(14-18-31)32-19-16-30(37(40)41)24-34(32)29-15-20-33(35(38)25-29)36(39)27(4)21-23-42-26(2)3/h13-20,24-27H,5-12,21-23H2,1-4H3,(H,40,41)/t27-/m1/s1. The number of carbonyl (C=O) groups is 2. The van der Waals surface area contributed by atoms with E-state index < -0.39 is 11.8 Å². The van der Waals surface area contributed by atoms with Crippen LogP contribution in [0.2, 0.25) is 0 Å². The van der Waals surface area contributed by atoms with Gasteiger partial charge in [0.2, 0.25) is 0 Å². The Morgan fingerprint density at radius 3 is 2.05 bits per heavy atom. The van der Waals surface area contributed by atoms with Gasteiger partial charge >= 0.3 is 5.97 Å². The van der Waals surface area contributed by atoms with Gasteiger partial charge in [0.05, 0.1) is 23.8 Å². The van der Waals surface area contributed by atoms with E-state index >= 15 is 4.39 Å². The number of Topliss-reactive ketones (excluding diaryl/α,β-unsaturated/α-hetero) is 1. The first-order valence-corrected chi connectivity index (χ1v) is 15.8. The van der Waals surface area contributed by atoms with Gasteiger partial charge in [-0.2, -0.15) is 0 Å². The van der Waals surface area contributed by atoms with Crippen LogP contribution in [0.25, 0.3) is 22.3 Å². The minimum absolute atomic E-state index is 0.0229. The van der Waals surface area contributed by atoms with E-state index in [2.05, 4.69) is 6.92 Å². The minimum Gasteiger partial charge on any atom is -0.494 e. The quantitative estimate of drug-likeness (QED) is 0.111. The summed E-state index contributed by atoms with van der Waals surface area (Å²) in [6.07, 6.45) is 10.5. The molecule has 0 aliphatic heterocycles. The first kappa shape index (κ1) is 34.0. The van der Waals surface area contributed by atoms with Crippen LogP contribution in [0.15, 0.2) is 60.7 Å². The molecule has 0 spiro atoms. The number of hydrogen-bond acceptors (Lipinski definition) is 4. The van der Waals surface area contributed by atoms with Crippen LogP contribution in [0.3, 0.4) is 0 Å². The average Bonchev–Trinajstić information content (AvgIpc) is 2.99. The number of carboxylic acid groups (broad SMARTS) is 1. The van der Waals surface area contributed by atoms with Gasteiger partial charge in [-0.1, -0.05) is 83.1 Å². The summed E-state index contributed by atoms with van der Waals surface area (Å²) >= 11 is 0. The number of halogens is 1. The van der Waals surface area contributed by atoms with E-state index in [1.54, 1.807) is 31.2 Å². The minimum atomic E-state index is -1.07. The maximum Gasteiger partial charge on any atom is 0.335 e. The fourth-order valence-electron chi connectivity index (χ4n) is 5.08. The van der Waals surface area contributed by atoms with Gasteiger partial charge in [-0.3, -0.25) is 4.79 Å². The van der Waals surface area contributed by atoms with Crippen molar-refractivity contribution in [1.29, 1.82) is 0 Å². The predicted octanol–water partition coefficient (Wildman–Crippen LogP) is 10.0.